The number of hydrogen-bond donors (Lipinski definition) is 1. The van der Waals surface area contributed by atoms with E-state index in [1.807, 2.05) is 30.3 Å². The van der Waals surface area contributed by atoms with Gasteiger partial charge in [-0.15, -0.1) is 0 Å². The van der Waals surface area contributed by atoms with E-state index in [0.29, 0.717) is 11.7 Å². The van der Waals surface area contributed by atoms with Gasteiger partial charge in [0.25, 0.3) is 5.91 Å². The van der Waals surface area contributed by atoms with Crippen LogP contribution >= 0.6 is 0 Å². The van der Waals surface area contributed by atoms with E-state index in [0.717, 1.165) is 18.4 Å². The van der Waals surface area contributed by atoms with Crippen LogP contribution in [0.2, 0.25) is 0 Å². The lowest BCUT2D eigenvalue weighted by Crippen LogP contribution is -2.39. The summed E-state index contributed by atoms with van der Waals surface area (Å²) in [6.45, 7) is 3.50. The molecular weight excluding hydrogens is 308 g/mol. The van der Waals surface area contributed by atoms with Gasteiger partial charge in [-0.1, -0.05) is 25.1 Å². The molecule has 24 heavy (non-hydrogen) atoms. The molecule has 1 aromatic heterocycles. The zero-order chi connectivity index (χ0) is 17.3. The highest BCUT2D eigenvalue weighted by Gasteiger charge is 2.36. The second kappa shape index (κ2) is 6.47. The van der Waals surface area contributed by atoms with Crippen LogP contribution in [0.25, 0.3) is 11.5 Å². The summed E-state index contributed by atoms with van der Waals surface area (Å²) in [7, 11) is 0. The summed E-state index contributed by atoms with van der Waals surface area (Å²) < 4.78 is 5.65. The minimum absolute atomic E-state index is 0.107. The Kier molecular flexibility index (Phi) is 4.38. The number of carboxylic acids is 1. The van der Waals surface area contributed by atoms with E-state index in [9.17, 15) is 9.59 Å². The predicted octanol–water partition coefficient (Wildman–Crippen LogP) is 2.98. The van der Waals surface area contributed by atoms with E-state index in [2.05, 4.69) is 4.98 Å². The summed E-state index contributed by atoms with van der Waals surface area (Å²) in [4.78, 5) is 30.0. The number of aromatic nitrogens is 1. The summed E-state index contributed by atoms with van der Waals surface area (Å²) in [5, 5.41) is 9.12. The largest absolute Gasteiger partial charge is 0.481 e. The van der Waals surface area contributed by atoms with Crippen molar-refractivity contribution in [2.45, 2.75) is 32.7 Å². The number of rotatable bonds is 6. The van der Waals surface area contributed by atoms with Gasteiger partial charge in [0.1, 0.15) is 5.76 Å². The van der Waals surface area contributed by atoms with Gasteiger partial charge >= 0.3 is 5.97 Å². The van der Waals surface area contributed by atoms with E-state index in [1.165, 1.54) is 0 Å². The van der Waals surface area contributed by atoms with Gasteiger partial charge in [-0.3, -0.25) is 9.59 Å². The second-order valence-corrected chi connectivity index (χ2v) is 6.22. The monoisotopic (exact) mass is 328 g/mol. The smallest absolute Gasteiger partial charge is 0.308 e. The van der Waals surface area contributed by atoms with Gasteiger partial charge in [-0.25, -0.2) is 4.98 Å². The minimum Gasteiger partial charge on any atom is -0.481 e. The fourth-order valence-corrected chi connectivity index (χ4v) is 2.59. The number of nitrogens with zero attached hydrogens (tertiary/aromatic N) is 2. The van der Waals surface area contributed by atoms with E-state index in [-0.39, 0.29) is 24.2 Å². The molecule has 0 radical (unpaired) electrons. The lowest BCUT2D eigenvalue weighted by Gasteiger charge is -2.23. The Hall–Kier alpha value is -2.63. The Balaban J connectivity index is 1.85. The SMILES string of the molecule is Cc1oc(-c2ccccc2)nc1C(=O)N(CC(C)C(=O)O)C1CC1. The van der Waals surface area contributed by atoms with Gasteiger partial charge in [-0.05, 0) is 31.9 Å². The summed E-state index contributed by atoms with van der Waals surface area (Å²) in [5.74, 6) is -0.925. The standard InChI is InChI=1S/C18H20N2O4/c1-11(18(22)23)10-20(14-8-9-14)17(21)15-12(2)24-16(19-15)13-6-4-3-5-7-13/h3-7,11,14H,8-10H2,1-2H3,(H,22,23). The van der Waals surface area contributed by atoms with Crippen LogP contribution in [0, 0.1) is 12.8 Å². The van der Waals surface area contributed by atoms with Crippen molar-refractivity contribution >= 4 is 11.9 Å². The zero-order valence-electron chi connectivity index (χ0n) is 13.7. The van der Waals surface area contributed by atoms with Crippen LogP contribution in [0.1, 0.15) is 36.0 Å². The van der Waals surface area contributed by atoms with E-state index < -0.39 is 11.9 Å². The molecule has 1 saturated carbocycles. The second-order valence-electron chi connectivity index (χ2n) is 6.22. The van der Waals surface area contributed by atoms with Crippen LogP contribution in [0.4, 0.5) is 0 Å². The molecule has 0 saturated heterocycles. The van der Waals surface area contributed by atoms with Gasteiger partial charge < -0.3 is 14.4 Å². The molecule has 1 unspecified atom stereocenters. The van der Waals surface area contributed by atoms with Gasteiger partial charge in [-0.2, -0.15) is 0 Å². The molecule has 3 rings (SSSR count). The fraction of sp³-hybridized carbons (Fsp3) is 0.389. The van der Waals surface area contributed by atoms with Crippen molar-refractivity contribution in [1.82, 2.24) is 9.88 Å². The molecular formula is C18H20N2O4. The maximum Gasteiger partial charge on any atom is 0.308 e. The van der Waals surface area contributed by atoms with Crippen LogP contribution in [0.3, 0.4) is 0 Å². The Bertz CT molecular complexity index is 750. The van der Waals surface area contributed by atoms with Crippen LogP contribution in [-0.4, -0.2) is 39.5 Å². The lowest BCUT2D eigenvalue weighted by atomic mass is 10.1. The Morgan fingerprint density at radius 1 is 1.33 bits per heavy atom. The van der Waals surface area contributed by atoms with Crippen molar-refractivity contribution in [2.75, 3.05) is 6.54 Å². The molecule has 1 fully saturated rings. The summed E-state index contributed by atoms with van der Waals surface area (Å²) in [5.41, 5.74) is 1.06. The first-order valence-corrected chi connectivity index (χ1v) is 8.04. The van der Waals surface area contributed by atoms with Gasteiger partial charge in [0, 0.05) is 18.2 Å². The summed E-state index contributed by atoms with van der Waals surface area (Å²) >= 11 is 0. The average Bonchev–Trinajstić information content (AvgIpc) is 3.34. The third-order valence-electron chi connectivity index (χ3n) is 4.16. The molecule has 1 aromatic carbocycles. The third-order valence-corrected chi connectivity index (χ3v) is 4.16. The number of carbonyl (C=O) groups is 2. The number of oxazole rings is 1. The topological polar surface area (TPSA) is 83.6 Å². The van der Waals surface area contributed by atoms with Crippen LogP contribution in [0.15, 0.2) is 34.7 Å². The van der Waals surface area contributed by atoms with E-state index in [1.54, 1.807) is 18.7 Å². The van der Waals surface area contributed by atoms with Crippen molar-refractivity contribution in [3.63, 3.8) is 0 Å². The number of aryl methyl sites for hydroxylation is 1. The minimum atomic E-state index is -0.907. The highest BCUT2D eigenvalue weighted by molar-refractivity contribution is 5.94. The third kappa shape index (κ3) is 3.32. The van der Waals surface area contributed by atoms with Crippen LogP contribution in [0.5, 0.6) is 0 Å². The van der Waals surface area contributed by atoms with E-state index >= 15 is 0 Å². The predicted molar refractivity (Wildman–Crippen MR) is 87.5 cm³/mol. The molecule has 1 N–H and O–H groups in total. The quantitative estimate of drug-likeness (QED) is 0.881. The van der Waals surface area contributed by atoms with Crippen LogP contribution < -0.4 is 0 Å². The van der Waals surface area contributed by atoms with Gasteiger partial charge in [0.2, 0.25) is 5.89 Å². The maximum atomic E-state index is 12.9. The number of hydrogen-bond acceptors (Lipinski definition) is 4. The first-order chi connectivity index (χ1) is 11.5. The molecule has 1 amide bonds. The summed E-state index contributed by atoms with van der Waals surface area (Å²) in [6, 6.07) is 9.49. The average molecular weight is 328 g/mol. The summed E-state index contributed by atoms with van der Waals surface area (Å²) in [6.07, 6.45) is 1.81. The van der Waals surface area contributed by atoms with Crippen LogP contribution in [-0.2, 0) is 4.79 Å². The van der Waals surface area contributed by atoms with Crippen molar-refractivity contribution in [1.29, 1.82) is 0 Å². The van der Waals surface area contributed by atoms with Crippen molar-refractivity contribution in [3.05, 3.63) is 41.8 Å². The first kappa shape index (κ1) is 16.2. The van der Waals surface area contributed by atoms with Crippen molar-refractivity contribution in [2.24, 2.45) is 5.92 Å². The zero-order valence-corrected chi connectivity index (χ0v) is 13.7. The van der Waals surface area contributed by atoms with Gasteiger partial charge in [0.15, 0.2) is 5.69 Å². The molecule has 6 heteroatoms. The molecule has 6 nitrogen and oxygen atoms in total. The van der Waals surface area contributed by atoms with Crippen molar-refractivity contribution in [3.8, 4) is 11.5 Å². The Morgan fingerprint density at radius 2 is 2.00 bits per heavy atom. The number of carbonyl (C=O) groups excluding carboxylic acids is 1. The van der Waals surface area contributed by atoms with Gasteiger partial charge in [0.05, 0.1) is 5.92 Å². The Morgan fingerprint density at radius 3 is 2.58 bits per heavy atom. The van der Waals surface area contributed by atoms with E-state index in [4.69, 9.17) is 9.52 Å². The molecule has 1 heterocycles. The maximum absolute atomic E-state index is 12.9. The van der Waals surface area contributed by atoms with Crippen molar-refractivity contribution < 1.29 is 19.1 Å². The fourth-order valence-electron chi connectivity index (χ4n) is 2.59. The number of amides is 1. The number of carboxylic acid groups (broad SMARTS) is 1. The highest BCUT2D eigenvalue weighted by Crippen LogP contribution is 2.30. The molecule has 2 aromatic rings. The highest BCUT2D eigenvalue weighted by atomic mass is 16.4. The lowest BCUT2D eigenvalue weighted by molar-refractivity contribution is -0.141. The normalized spacial score (nSPS) is 15.1. The molecule has 0 aliphatic heterocycles. The molecule has 0 bridgehead atoms. The number of aliphatic carboxylic acids is 1. The molecule has 1 aliphatic rings. The Labute approximate surface area is 140 Å². The molecule has 1 atom stereocenters. The molecule has 0 spiro atoms. The molecule has 126 valence electrons. The molecule has 1 aliphatic carbocycles. The number of benzene rings is 1. The first-order valence-electron chi connectivity index (χ1n) is 8.04.